The van der Waals surface area contributed by atoms with Crippen molar-refractivity contribution in [1.29, 1.82) is 0 Å². The van der Waals surface area contributed by atoms with Crippen LogP contribution in [0, 0.1) is 0 Å². The van der Waals surface area contributed by atoms with Crippen LogP contribution in [0.1, 0.15) is 48.5 Å². The van der Waals surface area contributed by atoms with Gasteiger partial charge in [-0.15, -0.1) is 0 Å². The molecule has 4 heterocycles. The van der Waals surface area contributed by atoms with Gasteiger partial charge in [0, 0.05) is 43.1 Å². The summed E-state index contributed by atoms with van der Waals surface area (Å²) in [6, 6.07) is 10.3. The standard InChI is InChI=1S/C28H27F3N6O2/c1-2-37-25-19(11-21(26(37)38)24-22(28(29,30)31)12-18(13-33-24)16-3-4-16)14-34-27(36-25)35-20-7-5-17(6-8-20)23-15-32-9-10-39-23/h5-8,11-14,16,23,32H,2-4,9-10,15H2,1H3,(H,34,35,36). The highest BCUT2D eigenvalue weighted by molar-refractivity contribution is 5.82. The van der Waals surface area contributed by atoms with Crippen LogP contribution in [0.25, 0.3) is 22.3 Å². The lowest BCUT2D eigenvalue weighted by Crippen LogP contribution is -2.33. The summed E-state index contributed by atoms with van der Waals surface area (Å²) >= 11 is 0. The van der Waals surface area contributed by atoms with E-state index in [1.165, 1.54) is 23.0 Å². The molecule has 202 valence electrons. The maximum absolute atomic E-state index is 14.0. The zero-order valence-electron chi connectivity index (χ0n) is 21.3. The zero-order chi connectivity index (χ0) is 27.1. The normalized spacial score (nSPS) is 17.9. The third kappa shape index (κ3) is 5.11. The Hall–Kier alpha value is -3.83. The molecule has 2 aliphatic rings. The number of benzene rings is 1. The molecule has 2 N–H and O–H groups in total. The van der Waals surface area contributed by atoms with Crippen LogP contribution in [0.5, 0.6) is 0 Å². The van der Waals surface area contributed by atoms with E-state index in [0.717, 1.165) is 43.2 Å². The molecule has 8 nitrogen and oxygen atoms in total. The van der Waals surface area contributed by atoms with Gasteiger partial charge >= 0.3 is 6.18 Å². The van der Waals surface area contributed by atoms with E-state index in [1.807, 2.05) is 24.3 Å². The fourth-order valence-corrected chi connectivity index (χ4v) is 4.92. The highest BCUT2D eigenvalue weighted by Crippen LogP contribution is 2.43. The van der Waals surface area contributed by atoms with Crippen LogP contribution >= 0.6 is 0 Å². The maximum atomic E-state index is 14.0. The van der Waals surface area contributed by atoms with E-state index >= 15 is 0 Å². The summed E-state index contributed by atoms with van der Waals surface area (Å²) < 4.78 is 49.2. The molecule has 1 aromatic carbocycles. The van der Waals surface area contributed by atoms with Crippen LogP contribution in [0.4, 0.5) is 24.8 Å². The lowest BCUT2D eigenvalue weighted by molar-refractivity contribution is -0.137. The van der Waals surface area contributed by atoms with E-state index in [1.54, 1.807) is 6.92 Å². The first kappa shape index (κ1) is 25.4. The molecule has 1 aliphatic heterocycles. The highest BCUT2D eigenvalue weighted by atomic mass is 19.4. The van der Waals surface area contributed by atoms with Crippen molar-refractivity contribution >= 4 is 22.7 Å². The number of nitrogens with zero attached hydrogens (tertiary/aromatic N) is 4. The molecule has 4 aromatic rings. The van der Waals surface area contributed by atoms with E-state index in [0.29, 0.717) is 23.2 Å². The number of hydrogen-bond acceptors (Lipinski definition) is 7. The number of aryl methyl sites for hydroxylation is 1. The molecule has 1 unspecified atom stereocenters. The quantitative estimate of drug-likeness (QED) is 0.351. The van der Waals surface area contributed by atoms with Gasteiger partial charge in [-0.1, -0.05) is 12.1 Å². The van der Waals surface area contributed by atoms with Gasteiger partial charge in [0.2, 0.25) is 5.95 Å². The Balaban J connectivity index is 1.34. The number of aromatic nitrogens is 4. The van der Waals surface area contributed by atoms with Gasteiger partial charge in [0.15, 0.2) is 0 Å². The molecule has 39 heavy (non-hydrogen) atoms. The SMILES string of the molecule is CCn1c(=O)c(-c2ncc(C3CC3)cc2C(F)(F)F)cc2cnc(Nc3ccc(C4CNCCO4)cc3)nc21. The predicted molar refractivity (Wildman–Crippen MR) is 141 cm³/mol. The van der Waals surface area contributed by atoms with Crippen molar-refractivity contribution < 1.29 is 17.9 Å². The van der Waals surface area contributed by atoms with E-state index in [4.69, 9.17) is 4.74 Å². The second kappa shape index (κ2) is 10.0. The number of morpholine rings is 1. The van der Waals surface area contributed by atoms with Crippen molar-refractivity contribution in [1.82, 2.24) is 24.8 Å². The topological polar surface area (TPSA) is 94.0 Å². The first-order chi connectivity index (χ1) is 18.8. The number of pyridine rings is 2. The molecule has 2 fully saturated rings. The highest BCUT2D eigenvalue weighted by Gasteiger charge is 2.37. The monoisotopic (exact) mass is 536 g/mol. The summed E-state index contributed by atoms with van der Waals surface area (Å²) in [5.74, 6) is 0.368. The van der Waals surface area contributed by atoms with Crippen molar-refractivity contribution in [3.63, 3.8) is 0 Å². The Bertz CT molecular complexity index is 1580. The Morgan fingerprint density at radius 3 is 2.56 bits per heavy atom. The summed E-state index contributed by atoms with van der Waals surface area (Å²) in [4.78, 5) is 26.5. The van der Waals surface area contributed by atoms with Crippen LogP contribution in [-0.4, -0.2) is 39.2 Å². The van der Waals surface area contributed by atoms with Gasteiger partial charge in [-0.2, -0.15) is 18.2 Å². The average Bonchev–Trinajstić information content (AvgIpc) is 3.79. The summed E-state index contributed by atoms with van der Waals surface area (Å²) in [6.45, 7) is 4.21. The van der Waals surface area contributed by atoms with Crippen LogP contribution < -0.4 is 16.2 Å². The summed E-state index contributed by atoms with van der Waals surface area (Å²) in [5, 5.41) is 6.89. The number of nitrogens with one attached hydrogen (secondary N) is 2. The van der Waals surface area contributed by atoms with Gasteiger partial charge in [0.1, 0.15) is 5.65 Å². The molecule has 6 rings (SSSR count). The zero-order valence-corrected chi connectivity index (χ0v) is 21.3. The molecular formula is C28H27F3N6O2. The lowest BCUT2D eigenvalue weighted by Gasteiger charge is -2.24. The number of halogens is 3. The van der Waals surface area contributed by atoms with Gasteiger partial charge in [-0.25, -0.2) is 4.98 Å². The largest absolute Gasteiger partial charge is 0.418 e. The molecule has 1 saturated heterocycles. The lowest BCUT2D eigenvalue weighted by atomic mass is 10.0. The van der Waals surface area contributed by atoms with Gasteiger partial charge in [0.25, 0.3) is 5.56 Å². The van der Waals surface area contributed by atoms with Crippen molar-refractivity contribution in [3.8, 4) is 11.3 Å². The molecule has 1 saturated carbocycles. The predicted octanol–water partition coefficient (Wildman–Crippen LogP) is 5.17. The maximum Gasteiger partial charge on any atom is 0.418 e. The van der Waals surface area contributed by atoms with Gasteiger partial charge in [0.05, 0.1) is 29.5 Å². The van der Waals surface area contributed by atoms with Crippen molar-refractivity contribution in [2.24, 2.45) is 0 Å². The van der Waals surface area contributed by atoms with Crippen molar-refractivity contribution in [3.05, 3.63) is 75.8 Å². The second-order valence-electron chi connectivity index (χ2n) is 9.83. The first-order valence-corrected chi connectivity index (χ1v) is 13.0. The summed E-state index contributed by atoms with van der Waals surface area (Å²) in [5.41, 5.74) is 0.692. The minimum absolute atomic E-state index is 0.00448. The number of alkyl halides is 3. The molecule has 0 bridgehead atoms. The Morgan fingerprint density at radius 1 is 1.10 bits per heavy atom. The number of ether oxygens (including phenoxy) is 1. The van der Waals surface area contributed by atoms with Gasteiger partial charge < -0.3 is 15.4 Å². The van der Waals surface area contributed by atoms with Crippen molar-refractivity contribution in [2.45, 2.75) is 44.5 Å². The van der Waals surface area contributed by atoms with Gasteiger partial charge in [-0.3, -0.25) is 14.3 Å². The van der Waals surface area contributed by atoms with Crippen molar-refractivity contribution in [2.75, 3.05) is 25.0 Å². The van der Waals surface area contributed by atoms with E-state index < -0.39 is 17.3 Å². The second-order valence-corrected chi connectivity index (χ2v) is 9.83. The molecule has 0 spiro atoms. The summed E-state index contributed by atoms with van der Waals surface area (Å²) in [6.07, 6.45) is -0.00161. The smallest absolute Gasteiger partial charge is 0.371 e. The molecule has 0 amide bonds. The van der Waals surface area contributed by atoms with Crippen LogP contribution in [0.3, 0.4) is 0 Å². The molecule has 1 atom stereocenters. The number of hydrogen-bond donors (Lipinski definition) is 2. The van der Waals surface area contributed by atoms with Crippen LogP contribution in [-0.2, 0) is 17.5 Å². The third-order valence-corrected chi connectivity index (χ3v) is 7.13. The summed E-state index contributed by atoms with van der Waals surface area (Å²) in [7, 11) is 0. The number of fused-ring (bicyclic) bond motifs is 1. The first-order valence-electron chi connectivity index (χ1n) is 13.0. The number of anilines is 2. The van der Waals surface area contributed by atoms with E-state index in [2.05, 4.69) is 25.6 Å². The Kier molecular flexibility index (Phi) is 6.56. The minimum Gasteiger partial charge on any atom is -0.371 e. The van der Waals surface area contributed by atoms with E-state index in [-0.39, 0.29) is 35.8 Å². The fourth-order valence-electron chi connectivity index (χ4n) is 4.92. The Morgan fingerprint density at radius 2 is 1.90 bits per heavy atom. The molecule has 3 aromatic heterocycles. The minimum atomic E-state index is -4.65. The molecule has 1 aliphatic carbocycles. The molecular weight excluding hydrogens is 509 g/mol. The van der Waals surface area contributed by atoms with Crippen LogP contribution in [0.15, 0.2) is 53.6 Å². The van der Waals surface area contributed by atoms with Crippen LogP contribution in [0.2, 0.25) is 0 Å². The van der Waals surface area contributed by atoms with E-state index in [9.17, 15) is 18.0 Å². The number of rotatable bonds is 6. The fraction of sp³-hybridized carbons (Fsp3) is 0.357. The van der Waals surface area contributed by atoms with Gasteiger partial charge in [-0.05, 0) is 61.1 Å². The third-order valence-electron chi connectivity index (χ3n) is 7.13. The Labute approximate surface area is 222 Å². The average molecular weight is 537 g/mol. The molecule has 11 heteroatoms. The molecule has 0 radical (unpaired) electrons.